The fraction of sp³-hybridized carbons (Fsp3) is 0.788. The number of aliphatic hydroxyl groups excluding tert-OH is 1. The van der Waals surface area contributed by atoms with E-state index in [1.807, 2.05) is 65.0 Å². The van der Waals surface area contributed by atoms with Gasteiger partial charge in [-0.15, -0.1) is 0 Å². The molecule has 7 rings (SSSR count). The third kappa shape index (κ3) is 14.1. The number of amides is 1. The van der Waals surface area contributed by atoms with E-state index in [1.165, 1.54) is 12.0 Å². The molecule has 6 fully saturated rings. The maximum atomic E-state index is 14.7. The first kappa shape index (κ1) is 66.6. The fourth-order valence-electron chi connectivity index (χ4n) is 14.9. The molecule has 4 heterocycles. The van der Waals surface area contributed by atoms with Crippen molar-refractivity contribution in [3.05, 3.63) is 47.6 Å². The molecule has 0 aromatic rings. The van der Waals surface area contributed by atoms with Crippen LogP contribution in [-0.2, 0) is 66.7 Å². The molecular formula is C66H101NO16. The Morgan fingerprint density at radius 3 is 2.17 bits per heavy atom. The number of ketones is 3. The second-order valence-electron chi connectivity index (χ2n) is 27.4. The van der Waals surface area contributed by atoms with Crippen molar-refractivity contribution in [1.29, 1.82) is 0 Å². The number of rotatable bonds is 8. The quantitative estimate of drug-likeness (QED) is 0.131. The molecule has 17 heteroatoms. The number of carbonyl (C=O) groups is 6. The van der Waals surface area contributed by atoms with E-state index in [-0.39, 0.29) is 66.8 Å². The predicted octanol–water partition coefficient (Wildman–Crippen LogP) is 9.33. The van der Waals surface area contributed by atoms with Gasteiger partial charge in [-0.2, -0.15) is 0 Å². The average molecular weight is 1160 g/mol. The van der Waals surface area contributed by atoms with E-state index in [1.54, 1.807) is 41.1 Å². The van der Waals surface area contributed by atoms with Crippen LogP contribution in [0.1, 0.15) is 172 Å². The van der Waals surface area contributed by atoms with Gasteiger partial charge < -0.3 is 53.0 Å². The second kappa shape index (κ2) is 27.4. The number of nitrogens with zero attached hydrogens (tertiary/aromatic N) is 1. The van der Waals surface area contributed by atoms with Crippen molar-refractivity contribution in [2.24, 2.45) is 57.7 Å². The molecule has 1 amide bonds. The van der Waals surface area contributed by atoms with Gasteiger partial charge in [0.2, 0.25) is 5.79 Å². The summed E-state index contributed by atoms with van der Waals surface area (Å²) < 4.78 is 49.7. The zero-order valence-corrected chi connectivity index (χ0v) is 52.4. The molecule has 2 unspecified atom stereocenters. The summed E-state index contributed by atoms with van der Waals surface area (Å²) in [6.45, 7) is 21.8. The maximum Gasteiger partial charge on any atom is 0.329 e. The van der Waals surface area contributed by atoms with Gasteiger partial charge in [0.1, 0.15) is 41.7 Å². The Bertz CT molecular complexity index is 2450. The van der Waals surface area contributed by atoms with E-state index in [0.717, 1.165) is 24.8 Å². The first-order chi connectivity index (χ1) is 39.1. The number of piperidine rings is 1. The van der Waals surface area contributed by atoms with Crippen molar-refractivity contribution in [2.75, 3.05) is 41.1 Å². The summed E-state index contributed by atoms with van der Waals surface area (Å²) in [5.74, 6) is -9.01. The van der Waals surface area contributed by atoms with E-state index >= 15 is 0 Å². The lowest BCUT2D eigenvalue weighted by atomic mass is 9.68. The highest BCUT2D eigenvalue weighted by molar-refractivity contribution is 6.39. The van der Waals surface area contributed by atoms with Gasteiger partial charge in [0.05, 0.1) is 31.5 Å². The number of methoxy groups -OCH3 is 3. The normalized spacial score (nSPS) is 43.5. The van der Waals surface area contributed by atoms with Crippen molar-refractivity contribution in [3.8, 4) is 0 Å². The molecular weight excluding hydrogens is 1060 g/mol. The fourth-order valence-corrected chi connectivity index (χ4v) is 14.9. The van der Waals surface area contributed by atoms with Gasteiger partial charge in [0, 0.05) is 70.3 Å². The van der Waals surface area contributed by atoms with Crippen LogP contribution in [-0.4, -0.2) is 152 Å². The maximum absolute atomic E-state index is 14.7. The molecule has 17 nitrogen and oxygen atoms in total. The van der Waals surface area contributed by atoms with Crippen LogP contribution >= 0.6 is 0 Å². The van der Waals surface area contributed by atoms with Gasteiger partial charge in [-0.1, -0.05) is 91.8 Å². The summed E-state index contributed by atoms with van der Waals surface area (Å²) in [5, 5.41) is 23.7. The lowest BCUT2D eigenvalue weighted by Crippen LogP contribution is -2.61. The minimum Gasteiger partial charge on any atom is -0.460 e. The van der Waals surface area contributed by atoms with Crippen LogP contribution in [0.25, 0.3) is 0 Å². The number of carbonyl (C=O) groups excluding carboxylic acids is 6. The predicted molar refractivity (Wildman–Crippen MR) is 311 cm³/mol. The van der Waals surface area contributed by atoms with Crippen LogP contribution < -0.4 is 0 Å². The molecule has 0 aromatic heterocycles. The summed E-state index contributed by atoms with van der Waals surface area (Å²) in [5.41, 5.74) is 0.127. The highest BCUT2D eigenvalue weighted by atomic mass is 16.7. The summed E-state index contributed by atoms with van der Waals surface area (Å²) >= 11 is 0. The monoisotopic (exact) mass is 1160 g/mol. The van der Waals surface area contributed by atoms with Crippen LogP contribution in [0.5, 0.6) is 0 Å². The van der Waals surface area contributed by atoms with E-state index < -0.39 is 113 Å². The number of cyclic esters (lactones) is 1. The van der Waals surface area contributed by atoms with E-state index in [4.69, 9.17) is 37.9 Å². The zero-order valence-electron chi connectivity index (χ0n) is 52.4. The number of hydrogen-bond donors (Lipinski definition) is 2. The van der Waals surface area contributed by atoms with Crippen LogP contribution in [0.2, 0.25) is 0 Å². The molecule has 466 valence electrons. The Hall–Kier alpha value is -3.94. The number of ether oxygens (including phenoxy) is 8. The molecule has 4 aliphatic heterocycles. The number of esters is 2. The zero-order chi connectivity index (χ0) is 61.0. The molecule has 1 spiro atoms. The Balaban J connectivity index is 1.10. The molecule has 7 aliphatic rings. The van der Waals surface area contributed by atoms with Crippen molar-refractivity contribution < 1.29 is 76.9 Å². The second-order valence-corrected chi connectivity index (χ2v) is 27.4. The Morgan fingerprint density at radius 1 is 0.819 bits per heavy atom. The first-order valence-electron chi connectivity index (χ1n) is 31.1. The summed E-state index contributed by atoms with van der Waals surface area (Å²) in [4.78, 5) is 87.3. The van der Waals surface area contributed by atoms with Crippen molar-refractivity contribution >= 4 is 35.2 Å². The van der Waals surface area contributed by atoms with Crippen LogP contribution in [0, 0.1) is 57.7 Å². The van der Waals surface area contributed by atoms with Gasteiger partial charge in [0.15, 0.2) is 11.6 Å². The van der Waals surface area contributed by atoms with Crippen LogP contribution in [0.3, 0.4) is 0 Å². The third-order valence-electron chi connectivity index (χ3n) is 21.2. The Labute approximate surface area is 494 Å². The van der Waals surface area contributed by atoms with Gasteiger partial charge in [-0.3, -0.25) is 24.0 Å². The minimum atomic E-state index is -2.46. The average Bonchev–Trinajstić information content (AvgIpc) is 1.65. The largest absolute Gasteiger partial charge is 0.460 e. The lowest BCUT2D eigenvalue weighted by Gasteiger charge is -2.52. The standard InChI is InChI=1S/C66H101NO16/c1-39-20-16-15-17-21-40(2)52(76-12)34-48-25-23-45(7)66(75,83-48)58(71)59(72)67-29-19-18-22-49(67)60(73)81-53(35-50(68)41(3)31-44(6)56(70)57(78-14)55(69)43(5)30-39)42(4)32-46-24-26-51(54(33-46)77-13)82-61(74)63(10)37-79-65(80-38-63)36-47-27-28-64(65,11)62(47,8)9/h15-17,20-21,31,39,41-43,45-49,51-54,56-57,70,75H,18-19,22-30,32-38H2,1-14H3/b17-15+,20-16+,40-21+,44-31+/t39-,41-,42-,43-,45-,46+,47?,48+,49+,51-,52+,53+,54-,56-,57+,63?,64?,65?,66-/m1/s1. The van der Waals surface area contributed by atoms with Gasteiger partial charge in [-0.25, -0.2) is 4.79 Å². The highest BCUT2D eigenvalue weighted by Crippen LogP contribution is 2.72. The molecule has 3 saturated heterocycles. The third-order valence-corrected chi connectivity index (χ3v) is 21.2. The van der Waals surface area contributed by atoms with Gasteiger partial charge in [-0.05, 0) is 138 Å². The number of hydrogen-bond acceptors (Lipinski definition) is 16. The summed E-state index contributed by atoms with van der Waals surface area (Å²) in [7, 11) is 4.56. The van der Waals surface area contributed by atoms with E-state index in [9.17, 15) is 39.0 Å². The summed E-state index contributed by atoms with van der Waals surface area (Å²) in [6, 6.07) is -1.19. The number of allylic oxidation sites excluding steroid dienone is 6. The molecule has 4 bridgehead atoms. The van der Waals surface area contributed by atoms with E-state index in [0.29, 0.717) is 75.7 Å². The molecule has 0 aromatic carbocycles. The molecule has 3 saturated carbocycles. The molecule has 0 radical (unpaired) electrons. The molecule has 17 atom stereocenters. The van der Waals surface area contributed by atoms with Gasteiger partial charge in [0.25, 0.3) is 11.7 Å². The topological polar surface area (TPSA) is 220 Å². The van der Waals surface area contributed by atoms with Gasteiger partial charge >= 0.3 is 11.9 Å². The SMILES string of the molecule is CO[C@H]1C[C@@H]2CC[C@@H](C)[C@@](O)(O2)C(=O)C(=O)N2CCCC[C@H]2C(=O)O[C@H]([C@H](C)C[C@@H]2CC[C@@H](OC(=O)C3(C)COC4(CC5CCC4(C)C5(C)C)OC3)[C@H](OC)C2)CC(=O)[C@H](C)/C=C(\C)[C@@H](O)[C@@H](OC)C(=O)[C@H](C)C[C@H](C)/C=C/C=C/C=C/1C. The smallest absolute Gasteiger partial charge is 0.329 e. The van der Waals surface area contributed by atoms with Crippen LogP contribution in [0.4, 0.5) is 0 Å². The van der Waals surface area contributed by atoms with Crippen molar-refractivity contribution in [2.45, 2.75) is 233 Å². The number of fused-ring (bicyclic) bond motifs is 6. The van der Waals surface area contributed by atoms with Crippen LogP contribution in [0.15, 0.2) is 47.6 Å². The Morgan fingerprint density at radius 2 is 1.53 bits per heavy atom. The summed E-state index contributed by atoms with van der Waals surface area (Å²) in [6.07, 6.45) is 13.5. The first-order valence-corrected chi connectivity index (χ1v) is 31.1. The van der Waals surface area contributed by atoms with Crippen molar-refractivity contribution in [3.63, 3.8) is 0 Å². The molecule has 3 aliphatic carbocycles. The van der Waals surface area contributed by atoms with E-state index in [2.05, 4.69) is 20.8 Å². The minimum absolute atomic E-state index is 0.000672. The van der Waals surface area contributed by atoms with Crippen molar-refractivity contribution in [1.82, 2.24) is 4.90 Å². The number of Topliss-reactive ketones (excluding diaryl/α,β-unsaturated/α-hetero) is 3. The lowest BCUT2D eigenvalue weighted by molar-refractivity contribution is -0.346. The molecule has 83 heavy (non-hydrogen) atoms. The molecule has 2 N–H and O–H groups in total. The highest BCUT2D eigenvalue weighted by Gasteiger charge is 2.72. The Kier molecular flexibility index (Phi) is 22.0. The number of aliphatic hydroxyl groups is 2.